The summed E-state index contributed by atoms with van der Waals surface area (Å²) in [6, 6.07) is 0. The molecule has 0 atom stereocenters. The van der Waals surface area contributed by atoms with Crippen molar-refractivity contribution < 1.29 is 18.0 Å². The summed E-state index contributed by atoms with van der Waals surface area (Å²) in [4.78, 5) is 23.2. The first-order valence-electron chi connectivity index (χ1n) is 6.27. The summed E-state index contributed by atoms with van der Waals surface area (Å²) in [6.45, 7) is 4.86. The van der Waals surface area contributed by atoms with Crippen molar-refractivity contribution in [3.05, 3.63) is 0 Å². The first kappa shape index (κ1) is 28.5. The van der Waals surface area contributed by atoms with Gasteiger partial charge in [0.2, 0.25) is 21.8 Å². The predicted molar refractivity (Wildman–Crippen MR) is 91.5 cm³/mol. The maximum absolute atomic E-state index is 9.89. The molecule has 0 spiro atoms. The summed E-state index contributed by atoms with van der Waals surface area (Å²) in [5, 5.41) is 7.64. The number of aliphatic imine (C=N–C) groups is 1. The number of hydrogen-bond donors (Lipinski definition) is 4. The van der Waals surface area contributed by atoms with E-state index in [-0.39, 0.29) is 11.8 Å². The van der Waals surface area contributed by atoms with E-state index >= 15 is 0 Å². The zero-order valence-corrected chi connectivity index (χ0v) is 15.8. The molecule has 0 aromatic carbocycles. The van der Waals surface area contributed by atoms with Crippen molar-refractivity contribution in [2.45, 2.75) is 20.8 Å². The highest BCUT2D eigenvalue weighted by Crippen LogP contribution is 1.62. The molecule has 9 nitrogen and oxygen atoms in total. The van der Waals surface area contributed by atoms with Gasteiger partial charge in [-0.15, -0.1) is 0 Å². The van der Waals surface area contributed by atoms with Gasteiger partial charge in [-0.25, -0.2) is 13.1 Å². The van der Waals surface area contributed by atoms with Crippen molar-refractivity contribution in [1.82, 2.24) is 20.7 Å². The summed E-state index contributed by atoms with van der Waals surface area (Å²) in [5.74, 6) is 0.977. The Hall–Kier alpha value is -1.68. The van der Waals surface area contributed by atoms with Crippen LogP contribution >= 0.6 is 0 Å². The molecular formula is C12H31N5O4S. The third kappa shape index (κ3) is 63.3. The van der Waals surface area contributed by atoms with Gasteiger partial charge in [0.15, 0.2) is 0 Å². The lowest BCUT2D eigenvalue weighted by molar-refractivity contribution is -0.119. The number of nitrogens with one attached hydrogen (secondary N) is 4. The number of carbonyl (C=O) groups is 2. The molecule has 0 unspecified atom stereocenters. The molecule has 0 fully saturated rings. The standard InChI is InChI=1S/C4H10N2.2C3H7NO.C2H7NO2S/c1-4(5-2)6-3;2*1-3(5)4-2;1-3-6(2,4)5/h1-3H3,(H,5,6);2*1-2H3,(H,4,5);3H,1-2H3. The summed E-state index contributed by atoms with van der Waals surface area (Å²) >= 11 is 0. The summed E-state index contributed by atoms with van der Waals surface area (Å²) in [6.07, 6.45) is 1.10. The minimum Gasteiger partial charge on any atom is -0.377 e. The number of carbonyl (C=O) groups excluding carboxylic acids is 2. The normalized spacial score (nSPS) is 9.41. The van der Waals surface area contributed by atoms with Crippen LogP contribution in [0.5, 0.6) is 0 Å². The van der Waals surface area contributed by atoms with Gasteiger partial charge in [-0.2, -0.15) is 0 Å². The fourth-order valence-electron chi connectivity index (χ4n) is 0.112. The van der Waals surface area contributed by atoms with Crippen LogP contribution in [-0.4, -0.2) is 67.6 Å². The molecule has 0 aliphatic rings. The van der Waals surface area contributed by atoms with Crippen LogP contribution in [0.15, 0.2) is 4.99 Å². The van der Waals surface area contributed by atoms with E-state index in [4.69, 9.17) is 0 Å². The Labute approximate surface area is 134 Å². The van der Waals surface area contributed by atoms with Crippen molar-refractivity contribution >= 4 is 27.7 Å². The Morgan fingerprint density at radius 1 is 0.818 bits per heavy atom. The minimum absolute atomic E-state index is 0.00463. The van der Waals surface area contributed by atoms with E-state index in [1.807, 2.05) is 14.0 Å². The fourth-order valence-corrected chi connectivity index (χ4v) is 0.112. The molecule has 0 aromatic heterocycles. The van der Waals surface area contributed by atoms with Crippen LogP contribution in [0, 0.1) is 0 Å². The van der Waals surface area contributed by atoms with E-state index in [0.29, 0.717) is 0 Å². The molecule has 0 aliphatic heterocycles. The Morgan fingerprint density at radius 3 is 1.05 bits per heavy atom. The zero-order chi connectivity index (χ0) is 18.8. The highest BCUT2D eigenvalue weighted by atomic mass is 32.2. The molecule has 22 heavy (non-hydrogen) atoms. The number of nitrogens with zero attached hydrogens (tertiary/aromatic N) is 1. The maximum atomic E-state index is 9.89. The molecule has 0 saturated carbocycles. The van der Waals surface area contributed by atoms with E-state index in [0.717, 1.165) is 12.1 Å². The third-order valence-corrected chi connectivity index (χ3v) is 2.51. The number of hydrogen-bond acceptors (Lipinski definition) is 5. The first-order valence-corrected chi connectivity index (χ1v) is 8.17. The topological polar surface area (TPSA) is 129 Å². The lowest BCUT2D eigenvalue weighted by Crippen LogP contribution is -2.15. The van der Waals surface area contributed by atoms with Crippen LogP contribution in [0.1, 0.15) is 20.8 Å². The Bertz CT molecular complexity index is 394. The van der Waals surface area contributed by atoms with Crippen LogP contribution in [0.2, 0.25) is 0 Å². The van der Waals surface area contributed by atoms with E-state index < -0.39 is 10.0 Å². The summed E-state index contributed by atoms with van der Waals surface area (Å²) in [5.41, 5.74) is 0. The second-order valence-electron chi connectivity index (χ2n) is 3.65. The molecule has 4 N–H and O–H groups in total. The van der Waals surface area contributed by atoms with E-state index in [1.54, 1.807) is 21.1 Å². The minimum atomic E-state index is -2.91. The highest BCUT2D eigenvalue weighted by Gasteiger charge is 1.88. The van der Waals surface area contributed by atoms with Gasteiger partial charge in [0.1, 0.15) is 0 Å². The second-order valence-corrected chi connectivity index (χ2v) is 5.60. The van der Waals surface area contributed by atoms with Crippen LogP contribution < -0.4 is 20.7 Å². The van der Waals surface area contributed by atoms with Gasteiger partial charge < -0.3 is 16.0 Å². The average Bonchev–Trinajstić information content (AvgIpc) is 2.47. The molecule has 0 saturated heterocycles. The Kier molecular flexibility index (Phi) is 25.0. The van der Waals surface area contributed by atoms with Crippen molar-refractivity contribution in [3.8, 4) is 0 Å². The van der Waals surface area contributed by atoms with Crippen LogP contribution in [-0.2, 0) is 19.6 Å². The van der Waals surface area contributed by atoms with Crippen molar-refractivity contribution in [2.75, 3.05) is 41.5 Å². The molecule has 2 amide bonds. The monoisotopic (exact) mass is 341 g/mol. The predicted octanol–water partition coefficient (Wildman–Crippen LogP) is -1.08. The molecule has 0 rings (SSSR count). The molecule has 0 radical (unpaired) electrons. The number of amides is 2. The Balaban J connectivity index is -0.0000000986. The maximum Gasteiger partial charge on any atom is 0.216 e. The SMILES string of the molecule is CN=C(C)NC.CNC(C)=O.CNC(C)=O.CNS(C)(=O)=O. The van der Waals surface area contributed by atoms with Crippen LogP contribution in [0.25, 0.3) is 0 Å². The quantitative estimate of drug-likeness (QED) is 0.356. The molecule has 0 bridgehead atoms. The molecule has 0 aromatic rings. The van der Waals surface area contributed by atoms with Crippen LogP contribution in [0.3, 0.4) is 0 Å². The van der Waals surface area contributed by atoms with Crippen molar-refractivity contribution in [2.24, 2.45) is 4.99 Å². The van der Waals surface area contributed by atoms with Gasteiger partial charge >= 0.3 is 0 Å². The van der Waals surface area contributed by atoms with E-state index in [1.165, 1.54) is 20.9 Å². The zero-order valence-electron chi connectivity index (χ0n) is 15.0. The molecule has 10 heteroatoms. The largest absolute Gasteiger partial charge is 0.377 e. The first-order chi connectivity index (χ1) is 9.91. The average molecular weight is 341 g/mol. The number of amidine groups is 1. The summed E-state index contributed by atoms with van der Waals surface area (Å²) in [7, 11) is 5.26. The van der Waals surface area contributed by atoms with E-state index in [2.05, 4.69) is 25.7 Å². The van der Waals surface area contributed by atoms with E-state index in [9.17, 15) is 18.0 Å². The van der Waals surface area contributed by atoms with Gasteiger partial charge in [-0.1, -0.05) is 0 Å². The number of sulfonamides is 1. The fraction of sp³-hybridized carbons (Fsp3) is 0.750. The molecule has 0 aliphatic carbocycles. The van der Waals surface area contributed by atoms with Gasteiger partial charge in [-0.3, -0.25) is 14.6 Å². The number of rotatable bonds is 1. The molecule has 0 heterocycles. The third-order valence-electron chi connectivity index (χ3n) is 1.77. The second kappa shape index (κ2) is 19.3. The highest BCUT2D eigenvalue weighted by molar-refractivity contribution is 7.88. The lowest BCUT2D eigenvalue weighted by atomic mass is 10.7. The van der Waals surface area contributed by atoms with Gasteiger partial charge in [0.05, 0.1) is 12.1 Å². The van der Waals surface area contributed by atoms with Crippen molar-refractivity contribution in [1.29, 1.82) is 0 Å². The Morgan fingerprint density at radius 2 is 1.05 bits per heavy atom. The lowest BCUT2D eigenvalue weighted by Gasteiger charge is -1.90. The summed E-state index contributed by atoms with van der Waals surface area (Å²) < 4.78 is 21.9. The van der Waals surface area contributed by atoms with Gasteiger partial charge in [0.25, 0.3) is 0 Å². The van der Waals surface area contributed by atoms with Crippen LogP contribution in [0.4, 0.5) is 0 Å². The smallest absolute Gasteiger partial charge is 0.216 e. The van der Waals surface area contributed by atoms with Gasteiger partial charge in [-0.05, 0) is 14.0 Å². The van der Waals surface area contributed by atoms with Crippen molar-refractivity contribution in [3.63, 3.8) is 0 Å². The van der Waals surface area contributed by atoms with Gasteiger partial charge in [0, 0.05) is 42.0 Å². The molecular weight excluding hydrogens is 310 g/mol. The molecule has 134 valence electrons.